The van der Waals surface area contributed by atoms with Gasteiger partial charge in [-0.15, -0.1) is 11.8 Å². The SMILES string of the molecule is O=C(Nc1c(O)cccc1[N+](=O)[O-])C1CCCCS1. The van der Waals surface area contributed by atoms with Crippen LogP contribution in [0.25, 0.3) is 0 Å². The van der Waals surface area contributed by atoms with E-state index in [0.717, 1.165) is 25.0 Å². The Bertz CT molecular complexity index is 501. The number of carbonyl (C=O) groups is 1. The number of aromatic hydroxyl groups is 1. The summed E-state index contributed by atoms with van der Waals surface area (Å²) in [6, 6.07) is 3.94. The van der Waals surface area contributed by atoms with E-state index in [0.29, 0.717) is 0 Å². The van der Waals surface area contributed by atoms with Crippen LogP contribution in [0.4, 0.5) is 11.4 Å². The molecule has 1 amide bonds. The Morgan fingerprint density at radius 1 is 1.47 bits per heavy atom. The van der Waals surface area contributed by atoms with Gasteiger partial charge < -0.3 is 10.4 Å². The Labute approximate surface area is 114 Å². The molecular weight excluding hydrogens is 268 g/mol. The number of thioether (sulfide) groups is 1. The van der Waals surface area contributed by atoms with Crippen LogP contribution >= 0.6 is 11.8 Å². The van der Waals surface area contributed by atoms with E-state index >= 15 is 0 Å². The van der Waals surface area contributed by atoms with Gasteiger partial charge >= 0.3 is 0 Å². The highest BCUT2D eigenvalue weighted by Gasteiger charge is 2.25. The van der Waals surface area contributed by atoms with Crippen LogP contribution in [0.5, 0.6) is 5.75 Å². The zero-order chi connectivity index (χ0) is 13.8. The number of hydrogen-bond donors (Lipinski definition) is 2. The van der Waals surface area contributed by atoms with Crippen molar-refractivity contribution in [1.82, 2.24) is 0 Å². The number of phenols is 1. The number of carbonyl (C=O) groups excluding carboxylic acids is 1. The molecule has 2 N–H and O–H groups in total. The number of rotatable bonds is 3. The molecule has 0 bridgehead atoms. The molecule has 19 heavy (non-hydrogen) atoms. The molecule has 102 valence electrons. The maximum atomic E-state index is 12.0. The summed E-state index contributed by atoms with van der Waals surface area (Å²) in [4.78, 5) is 22.3. The largest absolute Gasteiger partial charge is 0.505 e. The molecule has 0 spiro atoms. The van der Waals surface area contributed by atoms with Crippen molar-refractivity contribution in [3.63, 3.8) is 0 Å². The Morgan fingerprint density at radius 3 is 2.89 bits per heavy atom. The second-order valence-corrected chi connectivity index (χ2v) is 5.58. The number of phenolic OH excluding ortho intramolecular Hbond substituents is 1. The van der Waals surface area contributed by atoms with Gasteiger partial charge in [-0.3, -0.25) is 14.9 Å². The van der Waals surface area contributed by atoms with Crippen molar-refractivity contribution >= 4 is 29.0 Å². The fourth-order valence-electron chi connectivity index (χ4n) is 1.96. The van der Waals surface area contributed by atoms with Crippen LogP contribution in [0, 0.1) is 10.1 Å². The van der Waals surface area contributed by atoms with Crippen molar-refractivity contribution < 1.29 is 14.8 Å². The monoisotopic (exact) mass is 282 g/mol. The van der Waals surface area contributed by atoms with E-state index in [4.69, 9.17) is 0 Å². The van der Waals surface area contributed by atoms with Gasteiger partial charge in [-0.2, -0.15) is 0 Å². The number of benzene rings is 1. The van der Waals surface area contributed by atoms with Crippen LogP contribution in [0.3, 0.4) is 0 Å². The predicted molar refractivity (Wildman–Crippen MR) is 73.5 cm³/mol. The van der Waals surface area contributed by atoms with Gasteiger partial charge in [-0.05, 0) is 24.7 Å². The first-order valence-corrected chi connectivity index (χ1v) is 7.03. The molecule has 0 aromatic heterocycles. The first kappa shape index (κ1) is 13.7. The molecule has 1 heterocycles. The molecule has 1 atom stereocenters. The van der Waals surface area contributed by atoms with Gasteiger partial charge in [0.15, 0.2) is 5.69 Å². The maximum Gasteiger partial charge on any atom is 0.296 e. The third-order valence-electron chi connectivity index (χ3n) is 2.94. The summed E-state index contributed by atoms with van der Waals surface area (Å²) in [6.45, 7) is 0. The van der Waals surface area contributed by atoms with E-state index in [2.05, 4.69) is 5.32 Å². The number of amides is 1. The average molecular weight is 282 g/mol. The number of nitro benzene ring substituents is 1. The first-order valence-electron chi connectivity index (χ1n) is 5.98. The zero-order valence-corrected chi connectivity index (χ0v) is 11.0. The molecule has 1 saturated heterocycles. The third kappa shape index (κ3) is 3.17. The summed E-state index contributed by atoms with van der Waals surface area (Å²) >= 11 is 1.55. The summed E-state index contributed by atoms with van der Waals surface area (Å²) in [5.74, 6) is 0.346. The van der Waals surface area contributed by atoms with Crippen molar-refractivity contribution in [1.29, 1.82) is 0 Å². The zero-order valence-electron chi connectivity index (χ0n) is 10.2. The molecule has 1 aromatic rings. The molecule has 2 rings (SSSR count). The van der Waals surface area contributed by atoms with Crippen molar-refractivity contribution in [2.24, 2.45) is 0 Å². The first-order chi connectivity index (χ1) is 9.09. The van der Waals surface area contributed by atoms with Crippen LogP contribution in [0.1, 0.15) is 19.3 Å². The van der Waals surface area contributed by atoms with Crippen molar-refractivity contribution in [2.75, 3.05) is 11.1 Å². The number of nitrogens with zero attached hydrogens (tertiary/aromatic N) is 1. The fourth-order valence-corrected chi connectivity index (χ4v) is 3.16. The summed E-state index contributed by atoms with van der Waals surface area (Å²) in [5.41, 5.74) is -0.419. The minimum Gasteiger partial charge on any atom is -0.505 e. The minimum atomic E-state index is -0.622. The minimum absolute atomic E-state index is 0.122. The van der Waals surface area contributed by atoms with Crippen LogP contribution in [-0.4, -0.2) is 26.9 Å². The number of hydrogen-bond acceptors (Lipinski definition) is 5. The molecule has 0 aliphatic carbocycles. The molecule has 1 aliphatic rings. The van der Waals surface area contributed by atoms with E-state index in [-0.39, 0.29) is 28.3 Å². The lowest BCUT2D eigenvalue weighted by molar-refractivity contribution is -0.384. The second-order valence-electron chi connectivity index (χ2n) is 4.27. The van der Waals surface area contributed by atoms with Gasteiger partial charge in [0, 0.05) is 6.07 Å². The Balaban J connectivity index is 2.18. The standard InChI is InChI=1S/C12H14N2O4S/c15-9-5-3-4-8(14(17)18)11(9)13-12(16)10-6-1-2-7-19-10/h3-5,10,15H,1-2,6-7H2,(H,13,16). The van der Waals surface area contributed by atoms with Crippen LogP contribution in [0.15, 0.2) is 18.2 Å². The van der Waals surface area contributed by atoms with E-state index in [1.807, 2.05) is 0 Å². The summed E-state index contributed by atoms with van der Waals surface area (Å²) in [7, 11) is 0. The van der Waals surface area contributed by atoms with Crippen molar-refractivity contribution in [2.45, 2.75) is 24.5 Å². The molecule has 6 nitrogen and oxygen atoms in total. The highest BCUT2D eigenvalue weighted by Crippen LogP contribution is 2.34. The molecule has 1 aliphatic heterocycles. The summed E-state index contributed by atoms with van der Waals surface area (Å²) in [6.07, 6.45) is 2.83. The van der Waals surface area contributed by atoms with E-state index < -0.39 is 4.92 Å². The lowest BCUT2D eigenvalue weighted by atomic mass is 10.1. The number of anilines is 1. The molecule has 7 heteroatoms. The summed E-state index contributed by atoms with van der Waals surface area (Å²) in [5, 5.41) is 22.8. The number of nitro groups is 1. The molecule has 1 unspecified atom stereocenters. The lowest BCUT2D eigenvalue weighted by Crippen LogP contribution is -2.27. The van der Waals surface area contributed by atoms with E-state index in [9.17, 15) is 20.0 Å². The Kier molecular flexibility index (Phi) is 4.26. The van der Waals surface area contributed by atoms with Gasteiger partial charge in [0.05, 0.1) is 10.2 Å². The lowest BCUT2D eigenvalue weighted by Gasteiger charge is -2.20. The predicted octanol–water partition coefficient (Wildman–Crippen LogP) is 2.52. The molecule has 0 radical (unpaired) electrons. The van der Waals surface area contributed by atoms with Gasteiger partial charge in [-0.1, -0.05) is 12.5 Å². The molecule has 1 fully saturated rings. The summed E-state index contributed by atoms with van der Waals surface area (Å²) < 4.78 is 0. The van der Waals surface area contributed by atoms with Gasteiger partial charge in [0.2, 0.25) is 5.91 Å². The number of nitrogens with one attached hydrogen (secondary N) is 1. The fraction of sp³-hybridized carbons (Fsp3) is 0.417. The normalized spacial score (nSPS) is 18.8. The molecular formula is C12H14N2O4S. The van der Waals surface area contributed by atoms with Crippen LogP contribution < -0.4 is 5.32 Å². The number of para-hydroxylation sites is 1. The van der Waals surface area contributed by atoms with E-state index in [1.54, 1.807) is 11.8 Å². The van der Waals surface area contributed by atoms with Gasteiger partial charge in [0.1, 0.15) is 5.75 Å². The van der Waals surface area contributed by atoms with Crippen LogP contribution in [-0.2, 0) is 4.79 Å². The van der Waals surface area contributed by atoms with Crippen molar-refractivity contribution in [3.8, 4) is 5.75 Å². The topological polar surface area (TPSA) is 92.5 Å². The average Bonchev–Trinajstić information content (AvgIpc) is 2.41. The molecule has 0 saturated carbocycles. The van der Waals surface area contributed by atoms with E-state index in [1.165, 1.54) is 18.2 Å². The Morgan fingerprint density at radius 2 is 2.26 bits per heavy atom. The quantitative estimate of drug-likeness (QED) is 0.505. The molecule has 1 aromatic carbocycles. The van der Waals surface area contributed by atoms with Gasteiger partial charge in [0.25, 0.3) is 5.69 Å². The maximum absolute atomic E-state index is 12.0. The Hall–Kier alpha value is -1.76. The highest BCUT2D eigenvalue weighted by atomic mass is 32.2. The van der Waals surface area contributed by atoms with Crippen LogP contribution in [0.2, 0.25) is 0 Å². The van der Waals surface area contributed by atoms with Crippen molar-refractivity contribution in [3.05, 3.63) is 28.3 Å². The second kappa shape index (κ2) is 5.92. The smallest absolute Gasteiger partial charge is 0.296 e. The van der Waals surface area contributed by atoms with Gasteiger partial charge in [-0.25, -0.2) is 0 Å². The highest BCUT2D eigenvalue weighted by molar-refractivity contribution is 8.00. The third-order valence-corrected chi connectivity index (χ3v) is 4.31.